The maximum absolute atomic E-state index is 12.5. The summed E-state index contributed by atoms with van der Waals surface area (Å²) in [5, 5.41) is 22.4. The Balaban J connectivity index is 1.49. The molecule has 3 N–H and O–H groups in total. The van der Waals surface area contributed by atoms with Crippen molar-refractivity contribution >= 4 is 44.5 Å². The molecule has 0 saturated carbocycles. The molecule has 1 atom stereocenters. The van der Waals surface area contributed by atoms with Crippen LogP contribution >= 0.6 is 11.3 Å². The first-order chi connectivity index (χ1) is 14.2. The fourth-order valence-electron chi connectivity index (χ4n) is 3.41. The van der Waals surface area contributed by atoms with Crippen LogP contribution in [-0.4, -0.2) is 45.1 Å². The molecule has 1 aliphatic rings. The molecule has 4 rings (SSSR count). The summed E-state index contributed by atoms with van der Waals surface area (Å²) in [7, 11) is 0. The van der Waals surface area contributed by atoms with E-state index >= 15 is 0 Å². The van der Waals surface area contributed by atoms with Crippen molar-refractivity contribution in [2.45, 2.75) is 25.9 Å². The molecular formula is C21H22N4O4S. The van der Waals surface area contributed by atoms with Crippen molar-refractivity contribution in [3.63, 3.8) is 0 Å². The third-order valence-corrected chi connectivity index (χ3v) is 6.06. The average molecular weight is 426 g/mol. The third kappa shape index (κ3) is 4.12. The fourth-order valence-corrected chi connectivity index (χ4v) is 4.23. The lowest BCUT2D eigenvalue weighted by atomic mass is 9.97. The lowest BCUT2D eigenvalue weighted by molar-refractivity contribution is -0.140. The van der Waals surface area contributed by atoms with Gasteiger partial charge in [-0.3, -0.25) is 14.9 Å². The van der Waals surface area contributed by atoms with Gasteiger partial charge in [0.15, 0.2) is 5.13 Å². The van der Waals surface area contributed by atoms with Crippen LogP contribution in [0.2, 0.25) is 0 Å². The lowest BCUT2D eigenvalue weighted by Gasteiger charge is -2.17. The van der Waals surface area contributed by atoms with Crippen LogP contribution in [0.5, 0.6) is 0 Å². The van der Waals surface area contributed by atoms with Gasteiger partial charge >= 0.3 is 5.97 Å². The van der Waals surface area contributed by atoms with Crippen LogP contribution in [0, 0.1) is 5.92 Å². The molecule has 0 unspecified atom stereocenters. The zero-order valence-electron chi connectivity index (χ0n) is 16.6. The van der Waals surface area contributed by atoms with Crippen LogP contribution in [0.4, 0.5) is 10.9 Å². The standard InChI is InChI=1S/C21H22N4O4S/c1-21(2,29)14-5-3-12(4-6-14)17(26)24-20-22-15-7-8-16(23-18(15)30-20)25-10-9-13(11-25)19(27)28/h3-8,13,29H,9-11H2,1-2H3,(H,27,28)(H,22,24,26)/t13-/m1/s1. The summed E-state index contributed by atoms with van der Waals surface area (Å²) in [6, 6.07) is 10.4. The maximum Gasteiger partial charge on any atom is 0.308 e. The van der Waals surface area contributed by atoms with Crippen molar-refractivity contribution < 1.29 is 19.8 Å². The minimum Gasteiger partial charge on any atom is -0.481 e. The van der Waals surface area contributed by atoms with Gasteiger partial charge in [0, 0.05) is 18.7 Å². The summed E-state index contributed by atoms with van der Waals surface area (Å²) in [6.07, 6.45) is 0.602. The zero-order chi connectivity index (χ0) is 21.5. The summed E-state index contributed by atoms with van der Waals surface area (Å²) < 4.78 is 0. The van der Waals surface area contributed by atoms with E-state index < -0.39 is 11.6 Å². The summed E-state index contributed by atoms with van der Waals surface area (Å²) >= 11 is 1.27. The SMILES string of the molecule is CC(C)(O)c1ccc(C(=O)Nc2nc3ccc(N4CC[C@@H](C(=O)O)C4)nc3s2)cc1. The first-order valence-corrected chi connectivity index (χ1v) is 10.4. The molecule has 0 aliphatic carbocycles. The average Bonchev–Trinajstić information content (AvgIpc) is 3.33. The van der Waals surface area contributed by atoms with Crippen molar-refractivity contribution in [2.75, 3.05) is 23.3 Å². The summed E-state index contributed by atoms with van der Waals surface area (Å²) in [4.78, 5) is 35.4. The number of fused-ring (bicyclic) bond motifs is 1. The third-order valence-electron chi connectivity index (χ3n) is 5.18. The van der Waals surface area contributed by atoms with Crippen LogP contribution in [0.3, 0.4) is 0 Å². The smallest absolute Gasteiger partial charge is 0.308 e. The molecule has 0 radical (unpaired) electrons. The van der Waals surface area contributed by atoms with Gasteiger partial charge in [-0.2, -0.15) is 0 Å². The monoisotopic (exact) mass is 426 g/mol. The number of thiazole rings is 1. The van der Waals surface area contributed by atoms with Gasteiger partial charge in [0.05, 0.1) is 11.5 Å². The Labute approximate surface area is 177 Å². The number of amides is 1. The number of carboxylic acid groups (broad SMARTS) is 1. The molecule has 0 spiro atoms. The van der Waals surface area contributed by atoms with Crippen molar-refractivity contribution in [1.82, 2.24) is 9.97 Å². The van der Waals surface area contributed by atoms with Crippen LogP contribution in [-0.2, 0) is 10.4 Å². The van der Waals surface area contributed by atoms with Gasteiger partial charge < -0.3 is 15.1 Å². The first kappa shape index (κ1) is 20.2. The molecule has 1 amide bonds. The highest BCUT2D eigenvalue weighted by molar-refractivity contribution is 7.22. The number of nitrogens with one attached hydrogen (secondary N) is 1. The van der Waals surface area contributed by atoms with E-state index in [1.807, 2.05) is 17.0 Å². The number of anilines is 2. The number of hydrogen-bond donors (Lipinski definition) is 3. The second-order valence-corrected chi connectivity index (χ2v) is 8.85. The number of nitrogens with zero attached hydrogens (tertiary/aromatic N) is 3. The second-order valence-electron chi connectivity index (χ2n) is 7.87. The van der Waals surface area contributed by atoms with E-state index in [1.165, 1.54) is 11.3 Å². The van der Waals surface area contributed by atoms with E-state index in [0.29, 0.717) is 40.6 Å². The normalized spacial score (nSPS) is 16.8. The molecule has 9 heteroatoms. The number of hydrogen-bond acceptors (Lipinski definition) is 7. The number of benzene rings is 1. The van der Waals surface area contributed by atoms with Crippen LogP contribution in [0.25, 0.3) is 10.3 Å². The largest absolute Gasteiger partial charge is 0.481 e. The highest BCUT2D eigenvalue weighted by Gasteiger charge is 2.29. The Hall–Kier alpha value is -3.04. The van der Waals surface area contributed by atoms with Crippen molar-refractivity contribution in [3.05, 3.63) is 47.5 Å². The Kier molecular flexibility index (Phi) is 5.17. The van der Waals surface area contributed by atoms with E-state index in [2.05, 4.69) is 15.3 Å². The van der Waals surface area contributed by atoms with Crippen LogP contribution < -0.4 is 10.2 Å². The van der Waals surface area contributed by atoms with Crippen molar-refractivity contribution in [2.24, 2.45) is 5.92 Å². The second kappa shape index (κ2) is 7.66. The van der Waals surface area contributed by atoms with E-state index in [1.54, 1.807) is 38.1 Å². The van der Waals surface area contributed by atoms with E-state index in [-0.39, 0.29) is 11.8 Å². The molecule has 1 saturated heterocycles. The van der Waals surface area contributed by atoms with Gasteiger partial charge in [0.25, 0.3) is 5.91 Å². The molecule has 156 valence electrons. The van der Waals surface area contributed by atoms with Gasteiger partial charge in [-0.1, -0.05) is 23.5 Å². The zero-order valence-corrected chi connectivity index (χ0v) is 17.4. The Morgan fingerprint density at radius 2 is 1.90 bits per heavy atom. The highest BCUT2D eigenvalue weighted by Crippen LogP contribution is 2.29. The van der Waals surface area contributed by atoms with Gasteiger partial charge in [0.2, 0.25) is 0 Å². The molecule has 0 bridgehead atoms. The predicted molar refractivity (Wildman–Crippen MR) is 115 cm³/mol. The molecule has 3 heterocycles. The number of aliphatic carboxylic acids is 1. The number of carboxylic acids is 1. The number of rotatable bonds is 5. The maximum atomic E-state index is 12.5. The molecule has 2 aromatic heterocycles. The number of carbonyl (C=O) groups is 2. The summed E-state index contributed by atoms with van der Waals surface area (Å²) in [5.74, 6) is -0.728. The van der Waals surface area contributed by atoms with Gasteiger partial charge in [-0.15, -0.1) is 0 Å². The van der Waals surface area contributed by atoms with Gasteiger partial charge in [0.1, 0.15) is 16.2 Å². The molecule has 8 nitrogen and oxygen atoms in total. The molecular weight excluding hydrogens is 404 g/mol. The molecule has 30 heavy (non-hydrogen) atoms. The van der Waals surface area contributed by atoms with E-state index in [0.717, 1.165) is 11.4 Å². The molecule has 3 aromatic rings. The van der Waals surface area contributed by atoms with Crippen molar-refractivity contribution in [1.29, 1.82) is 0 Å². The van der Waals surface area contributed by atoms with Crippen LogP contribution in [0.15, 0.2) is 36.4 Å². The fraction of sp³-hybridized carbons (Fsp3) is 0.333. The Bertz CT molecular complexity index is 1100. The molecule has 1 aliphatic heterocycles. The Morgan fingerprint density at radius 3 is 2.53 bits per heavy atom. The lowest BCUT2D eigenvalue weighted by Crippen LogP contribution is -2.23. The van der Waals surface area contributed by atoms with E-state index in [9.17, 15) is 19.8 Å². The summed E-state index contributed by atoms with van der Waals surface area (Å²) in [5.41, 5.74) is 0.895. The minimum absolute atomic E-state index is 0.291. The number of carbonyl (C=O) groups excluding carboxylic acids is 1. The number of aliphatic hydroxyl groups is 1. The van der Waals surface area contributed by atoms with Gasteiger partial charge in [-0.05, 0) is 50.1 Å². The molecule has 1 fully saturated rings. The van der Waals surface area contributed by atoms with Crippen molar-refractivity contribution in [3.8, 4) is 0 Å². The topological polar surface area (TPSA) is 116 Å². The minimum atomic E-state index is -0.967. The summed E-state index contributed by atoms with van der Waals surface area (Å²) in [6.45, 7) is 4.47. The predicted octanol–water partition coefficient (Wildman–Crippen LogP) is 3.08. The number of pyridine rings is 1. The highest BCUT2D eigenvalue weighted by atomic mass is 32.1. The quantitative estimate of drug-likeness (QED) is 0.574. The first-order valence-electron chi connectivity index (χ1n) is 9.60. The number of aromatic nitrogens is 2. The van der Waals surface area contributed by atoms with Crippen LogP contribution in [0.1, 0.15) is 36.2 Å². The van der Waals surface area contributed by atoms with E-state index in [4.69, 9.17) is 0 Å². The molecule has 1 aromatic carbocycles. The van der Waals surface area contributed by atoms with Gasteiger partial charge in [-0.25, -0.2) is 9.97 Å². The Morgan fingerprint density at radius 1 is 1.17 bits per heavy atom.